The van der Waals surface area contributed by atoms with Gasteiger partial charge in [0, 0.05) is 69.5 Å². The first-order valence-electron chi connectivity index (χ1n) is 16.7. The molecular formula is C36H43N7O4. The molecule has 0 saturated carbocycles. The highest BCUT2D eigenvalue weighted by molar-refractivity contribution is 5.91. The van der Waals surface area contributed by atoms with Gasteiger partial charge in [0.15, 0.2) is 0 Å². The predicted octanol–water partition coefficient (Wildman–Crippen LogP) is 4.46. The van der Waals surface area contributed by atoms with Crippen LogP contribution in [-0.2, 0) is 29.0 Å². The van der Waals surface area contributed by atoms with E-state index in [9.17, 15) is 4.79 Å². The summed E-state index contributed by atoms with van der Waals surface area (Å²) in [5.41, 5.74) is 6.46. The summed E-state index contributed by atoms with van der Waals surface area (Å²) in [6.45, 7) is 11.4. The summed E-state index contributed by atoms with van der Waals surface area (Å²) in [4.78, 5) is 36.4. The lowest BCUT2D eigenvalue weighted by molar-refractivity contribution is 0.0356. The van der Waals surface area contributed by atoms with Crippen molar-refractivity contribution in [3.8, 4) is 6.01 Å². The van der Waals surface area contributed by atoms with Crippen LogP contribution >= 0.6 is 0 Å². The number of morpholine rings is 1. The number of anilines is 2. The average Bonchev–Trinajstić information content (AvgIpc) is 3.12. The minimum Gasteiger partial charge on any atom is -0.463 e. The summed E-state index contributed by atoms with van der Waals surface area (Å²) >= 11 is 0. The van der Waals surface area contributed by atoms with Gasteiger partial charge in [0.05, 0.1) is 43.3 Å². The number of benzene rings is 2. The van der Waals surface area contributed by atoms with Crippen molar-refractivity contribution in [1.82, 2.24) is 24.8 Å². The molecule has 0 atom stereocenters. The fraction of sp³-hybridized carbons (Fsp3) is 0.444. The molecule has 2 aromatic heterocycles. The van der Waals surface area contributed by atoms with E-state index < -0.39 is 0 Å². The van der Waals surface area contributed by atoms with Crippen LogP contribution in [0.5, 0.6) is 6.01 Å². The topological polar surface area (TPSA) is 96.4 Å². The van der Waals surface area contributed by atoms with Crippen LogP contribution < -0.4 is 14.5 Å². The van der Waals surface area contributed by atoms with Crippen molar-refractivity contribution in [2.75, 3.05) is 82.0 Å². The standard InChI is InChI=1S/C36H43N7O4/c1-27-23-29-9-5-11-37-33(29)32(24-27)43-13-10-30-31(25-43)38-35(46-20-6-12-40-18-21-45-22-19-40)39-34(30)41-14-16-42(17-15-41)36(44)47-26-28-7-3-2-4-8-28/h2-5,7-9,11,23-24H,6,10,12-22,25-26H2,1H3. The number of ether oxygens (including phenoxy) is 3. The van der Waals surface area contributed by atoms with E-state index in [0.717, 1.165) is 91.5 Å². The highest BCUT2D eigenvalue weighted by Gasteiger charge is 2.30. The van der Waals surface area contributed by atoms with Gasteiger partial charge in [-0.15, -0.1) is 0 Å². The molecule has 0 N–H and O–H groups in total. The Morgan fingerprint density at radius 3 is 2.57 bits per heavy atom. The Morgan fingerprint density at radius 2 is 1.74 bits per heavy atom. The lowest BCUT2D eigenvalue weighted by Crippen LogP contribution is -2.49. The van der Waals surface area contributed by atoms with E-state index in [2.05, 4.69) is 39.8 Å². The minimum absolute atomic E-state index is 0.272. The van der Waals surface area contributed by atoms with Gasteiger partial charge in [0.1, 0.15) is 12.4 Å². The maximum atomic E-state index is 12.9. The van der Waals surface area contributed by atoms with Gasteiger partial charge in [-0.1, -0.05) is 36.4 Å². The van der Waals surface area contributed by atoms with Crippen molar-refractivity contribution in [2.45, 2.75) is 32.9 Å². The first-order chi connectivity index (χ1) is 23.1. The van der Waals surface area contributed by atoms with Crippen molar-refractivity contribution in [1.29, 1.82) is 0 Å². The van der Waals surface area contributed by atoms with Gasteiger partial charge in [-0.3, -0.25) is 9.88 Å². The fourth-order valence-electron chi connectivity index (χ4n) is 6.67. The second kappa shape index (κ2) is 14.5. The summed E-state index contributed by atoms with van der Waals surface area (Å²) in [7, 11) is 0. The lowest BCUT2D eigenvalue weighted by atomic mass is 10.0. The molecule has 11 heteroatoms. The van der Waals surface area contributed by atoms with E-state index in [-0.39, 0.29) is 12.7 Å². The van der Waals surface area contributed by atoms with Crippen molar-refractivity contribution < 1.29 is 19.0 Å². The number of amides is 1. The number of aryl methyl sites for hydroxylation is 1. The van der Waals surface area contributed by atoms with Gasteiger partial charge in [0.2, 0.25) is 0 Å². The van der Waals surface area contributed by atoms with Crippen molar-refractivity contribution in [3.63, 3.8) is 0 Å². The quantitative estimate of drug-likeness (QED) is 0.245. The average molecular weight is 638 g/mol. The number of nitrogens with zero attached hydrogens (tertiary/aromatic N) is 7. The van der Waals surface area contributed by atoms with Gasteiger partial charge in [0.25, 0.3) is 0 Å². The molecule has 3 aliphatic heterocycles. The van der Waals surface area contributed by atoms with Crippen LogP contribution in [0.1, 0.15) is 28.8 Å². The third kappa shape index (κ3) is 7.41. The molecule has 0 radical (unpaired) electrons. The Hall–Kier alpha value is -4.48. The molecule has 0 bridgehead atoms. The van der Waals surface area contributed by atoms with Gasteiger partial charge in [-0.25, -0.2) is 4.79 Å². The van der Waals surface area contributed by atoms with E-state index in [4.69, 9.17) is 29.2 Å². The van der Waals surface area contributed by atoms with E-state index in [1.54, 1.807) is 4.90 Å². The van der Waals surface area contributed by atoms with Crippen LogP contribution in [0, 0.1) is 6.92 Å². The maximum Gasteiger partial charge on any atom is 0.410 e. The fourth-order valence-corrected chi connectivity index (χ4v) is 6.67. The maximum absolute atomic E-state index is 12.9. The highest BCUT2D eigenvalue weighted by Crippen LogP contribution is 2.34. The number of piperazine rings is 1. The Morgan fingerprint density at radius 1 is 0.915 bits per heavy atom. The third-order valence-electron chi connectivity index (χ3n) is 9.19. The number of aromatic nitrogens is 3. The smallest absolute Gasteiger partial charge is 0.410 e. The molecule has 11 nitrogen and oxygen atoms in total. The number of fused-ring (bicyclic) bond motifs is 2. The zero-order valence-electron chi connectivity index (χ0n) is 27.1. The number of pyridine rings is 1. The second-order valence-corrected chi connectivity index (χ2v) is 12.5. The molecule has 5 heterocycles. The summed E-state index contributed by atoms with van der Waals surface area (Å²) in [6, 6.07) is 18.7. The summed E-state index contributed by atoms with van der Waals surface area (Å²) in [5, 5.41) is 1.14. The first-order valence-corrected chi connectivity index (χ1v) is 16.7. The molecule has 2 saturated heterocycles. The van der Waals surface area contributed by atoms with E-state index in [0.29, 0.717) is 45.3 Å². The van der Waals surface area contributed by atoms with Gasteiger partial charge in [-0.05, 0) is 49.1 Å². The van der Waals surface area contributed by atoms with Crippen LogP contribution in [-0.4, -0.2) is 103 Å². The monoisotopic (exact) mass is 637 g/mol. The van der Waals surface area contributed by atoms with Crippen molar-refractivity contribution in [3.05, 3.63) is 83.2 Å². The van der Waals surface area contributed by atoms with Crippen LogP contribution in [0.3, 0.4) is 0 Å². The zero-order valence-corrected chi connectivity index (χ0v) is 27.1. The summed E-state index contributed by atoms with van der Waals surface area (Å²) < 4.78 is 17.3. The molecule has 0 unspecified atom stereocenters. The van der Waals surface area contributed by atoms with E-state index in [1.807, 2.05) is 42.6 Å². The van der Waals surface area contributed by atoms with Gasteiger partial charge >= 0.3 is 12.1 Å². The van der Waals surface area contributed by atoms with Crippen LogP contribution in [0.15, 0.2) is 60.8 Å². The van der Waals surface area contributed by atoms with E-state index in [1.165, 1.54) is 5.56 Å². The summed E-state index contributed by atoms with van der Waals surface area (Å²) in [5.74, 6) is 0.919. The number of carbonyl (C=O) groups excluding carboxylic acids is 1. The molecular weight excluding hydrogens is 594 g/mol. The first kappa shape index (κ1) is 31.1. The van der Waals surface area contributed by atoms with Crippen LogP contribution in [0.25, 0.3) is 10.9 Å². The third-order valence-corrected chi connectivity index (χ3v) is 9.19. The molecule has 0 aliphatic carbocycles. The molecule has 1 amide bonds. The molecule has 246 valence electrons. The van der Waals surface area contributed by atoms with Gasteiger partial charge < -0.3 is 28.9 Å². The molecule has 0 spiro atoms. The van der Waals surface area contributed by atoms with Crippen molar-refractivity contribution in [2.24, 2.45) is 0 Å². The molecule has 4 aromatic rings. The second-order valence-electron chi connectivity index (χ2n) is 12.5. The number of rotatable bonds is 9. The minimum atomic E-state index is -0.280. The Kier molecular flexibility index (Phi) is 9.62. The predicted molar refractivity (Wildman–Crippen MR) is 181 cm³/mol. The van der Waals surface area contributed by atoms with E-state index >= 15 is 0 Å². The number of hydrogen-bond acceptors (Lipinski definition) is 10. The summed E-state index contributed by atoms with van der Waals surface area (Å²) in [6.07, 6.45) is 3.28. The number of hydrogen-bond donors (Lipinski definition) is 0. The molecule has 2 fully saturated rings. The molecule has 3 aliphatic rings. The van der Waals surface area contributed by atoms with Gasteiger partial charge in [-0.2, -0.15) is 9.97 Å². The largest absolute Gasteiger partial charge is 0.463 e. The Labute approximate surface area is 276 Å². The zero-order chi connectivity index (χ0) is 32.0. The SMILES string of the molecule is Cc1cc(N2CCc3c(nc(OCCCN4CCOCC4)nc3N3CCN(C(=O)OCc4ccccc4)CC3)C2)c2ncccc2c1. The molecule has 47 heavy (non-hydrogen) atoms. The molecule has 7 rings (SSSR count). The van der Waals surface area contributed by atoms with Crippen molar-refractivity contribution >= 4 is 28.5 Å². The van der Waals surface area contributed by atoms with Crippen LogP contribution in [0.4, 0.5) is 16.3 Å². The Bertz CT molecular complexity index is 1670. The Balaban J connectivity index is 1.07. The van der Waals surface area contributed by atoms with Crippen LogP contribution in [0.2, 0.25) is 0 Å². The molecule has 2 aromatic carbocycles. The highest BCUT2D eigenvalue weighted by atomic mass is 16.6. The normalized spacial score (nSPS) is 17.1. The lowest BCUT2D eigenvalue weighted by Gasteiger charge is -2.38. The number of carbonyl (C=O) groups is 1.